The van der Waals surface area contributed by atoms with Crippen LogP contribution in [0.25, 0.3) is 0 Å². The van der Waals surface area contributed by atoms with Crippen molar-refractivity contribution in [3.63, 3.8) is 0 Å². The molecular weight excluding hydrogens is 216 g/mol. The van der Waals surface area contributed by atoms with Gasteiger partial charge in [0.25, 0.3) is 5.56 Å². The molecule has 17 heavy (non-hydrogen) atoms. The second-order valence-corrected chi connectivity index (χ2v) is 4.62. The third-order valence-corrected chi connectivity index (χ3v) is 2.90. The summed E-state index contributed by atoms with van der Waals surface area (Å²) in [7, 11) is 0. The topological polar surface area (TPSA) is 55.0 Å². The van der Waals surface area contributed by atoms with E-state index in [0.717, 1.165) is 12.8 Å². The number of ether oxygens (including phenoxy) is 1. The number of nitrogens with one attached hydrogen (secondary N) is 1. The first-order valence-corrected chi connectivity index (χ1v) is 6.30. The highest BCUT2D eigenvalue weighted by atomic mass is 16.5. The molecule has 0 unspecified atom stereocenters. The molecule has 0 fully saturated rings. The maximum atomic E-state index is 11.4. The van der Waals surface area contributed by atoms with Crippen LogP contribution in [0.2, 0.25) is 0 Å². The standard InChI is InChI=1S/C13H22N2O2/c1-5-10(6-2)8-17-12-7-11(16)14-13(15-12)9(3)4/h7,9-10H,5-6,8H2,1-4H3,(H,14,15,16). The fourth-order valence-corrected chi connectivity index (χ4v) is 1.53. The zero-order valence-electron chi connectivity index (χ0n) is 11.1. The van der Waals surface area contributed by atoms with Gasteiger partial charge >= 0.3 is 0 Å². The Hall–Kier alpha value is -1.32. The summed E-state index contributed by atoms with van der Waals surface area (Å²) in [6.45, 7) is 8.89. The molecule has 0 bridgehead atoms. The van der Waals surface area contributed by atoms with Crippen molar-refractivity contribution in [2.45, 2.75) is 46.5 Å². The van der Waals surface area contributed by atoms with Gasteiger partial charge in [0.2, 0.25) is 5.88 Å². The molecule has 1 N–H and O–H groups in total. The molecule has 0 saturated carbocycles. The first-order valence-electron chi connectivity index (χ1n) is 6.30. The Kier molecular flexibility index (Phi) is 5.19. The van der Waals surface area contributed by atoms with E-state index in [0.29, 0.717) is 24.2 Å². The molecule has 1 heterocycles. The highest BCUT2D eigenvalue weighted by molar-refractivity contribution is 5.10. The number of rotatable bonds is 6. The Balaban J connectivity index is 2.74. The fourth-order valence-electron chi connectivity index (χ4n) is 1.53. The van der Waals surface area contributed by atoms with Crippen LogP contribution in [0.5, 0.6) is 5.88 Å². The number of hydrogen-bond acceptors (Lipinski definition) is 3. The van der Waals surface area contributed by atoms with E-state index < -0.39 is 0 Å². The third kappa shape index (κ3) is 4.21. The van der Waals surface area contributed by atoms with Crippen molar-refractivity contribution in [3.05, 3.63) is 22.2 Å². The summed E-state index contributed by atoms with van der Waals surface area (Å²) in [5.41, 5.74) is -0.150. The lowest BCUT2D eigenvalue weighted by Gasteiger charge is -2.13. The molecule has 4 heteroatoms. The van der Waals surface area contributed by atoms with Gasteiger partial charge in [0.15, 0.2) is 0 Å². The van der Waals surface area contributed by atoms with Gasteiger partial charge in [-0.2, -0.15) is 4.98 Å². The minimum Gasteiger partial charge on any atom is -0.477 e. The highest BCUT2D eigenvalue weighted by Crippen LogP contribution is 2.13. The summed E-state index contributed by atoms with van der Waals surface area (Å²) in [5.74, 6) is 1.83. The number of hydrogen-bond donors (Lipinski definition) is 1. The van der Waals surface area contributed by atoms with Gasteiger partial charge in [-0.05, 0) is 5.92 Å². The van der Waals surface area contributed by atoms with Crippen molar-refractivity contribution < 1.29 is 4.74 Å². The lowest BCUT2D eigenvalue weighted by Crippen LogP contribution is -2.16. The van der Waals surface area contributed by atoms with E-state index in [1.54, 1.807) is 0 Å². The molecule has 0 aliphatic rings. The van der Waals surface area contributed by atoms with Crippen molar-refractivity contribution >= 4 is 0 Å². The lowest BCUT2D eigenvalue weighted by molar-refractivity contribution is 0.231. The Morgan fingerprint density at radius 2 is 2.00 bits per heavy atom. The van der Waals surface area contributed by atoms with Gasteiger partial charge in [0.1, 0.15) is 5.82 Å². The second-order valence-electron chi connectivity index (χ2n) is 4.62. The summed E-state index contributed by atoms with van der Waals surface area (Å²) >= 11 is 0. The van der Waals surface area contributed by atoms with E-state index in [9.17, 15) is 4.79 Å². The molecule has 0 saturated heterocycles. The average Bonchev–Trinajstić information content (AvgIpc) is 2.29. The van der Waals surface area contributed by atoms with Crippen molar-refractivity contribution in [2.24, 2.45) is 5.92 Å². The molecule has 0 aliphatic carbocycles. The Bertz CT molecular complexity index is 395. The molecule has 0 radical (unpaired) electrons. The van der Waals surface area contributed by atoms with Crippen molar-refractivity contribution in [3.8, 4) is 5.88 Å². The molecule has 0 spiro atoms. The van der Waals surface area contributed by atoms with Crippen LogP contribution in [0.4, 0.5) is 0 Å². The smallest absolute Gasteiger partial charge is 0.254 e. The SMILES string of the molecule is CCC(CC)COc1cc(=O)[nH]c(C(C)C)n1. The van der Waals surface area contributed by atoms with Crippen molar-refractivity contribution in [1.82, 2.24) is 9.97 Å². The molecule has 1 aromatic heterocycles. The average molecular weight is 238 g/mol. The van der Waals surface area contributed by atoms with E-state index in [2.05, 4.69) is 23.8 Å². The molecule has 0 aromatic carbocycles. The van der Waals surface area contributed by atoms with E-state index in [1.807, 2.05) is 13.8 Å². The summed E-state index contributed by atoms with van der Waals surface area (Å²) in [5, 5.41) is 0. The number of nitrogens with zero attached hydrogens (tertiary/aromatic N) is 1. The summed E-state index contributed by atoms with van der Waals surface area (Å²) in [6, 6.07) is 1.41. The largest absolute Gasteiger partial charge is 0.477 e. The molecule has 96 valence electrons. The monoisotopic (exact) mass is 238 g/mol. The van der Waals surface area contributed by atoms with Crippen LogP contribution < -0.4 is 10.3 Å². The van der Waals surface area contributed by atoms with Crippen LogP contribution in [0.1, 0.15) is 52.3 Å². The van der Waals surface area contributed by atoms with Gasteiger partial charge in [0, 0.05) is 5.92 Å². The normalized spacial score (nSPS) is 11.2. The molecule has 1 aromatic rings. The first-order chi connectivity index (χ1) is 8.06. The van der Waals surface area contributed by atoms with Gasteiger partial charge in [0.05, 0.1) is 12.7 Å². The van der Waals surface area contributed by atoms with Crippen LogP contribution in [-0.4, -0.2) is 16.6 Å². The maximum Gasteiger partial charge on any atom is 0.254 e. The molecule has 4 nitrogen and oxygen atoms in total. The van der Waals surface area contributed by atoms with Crippen LogP contribution in [-0.2, 0) is 0 Å². The van der Waals surface area contributed by atoms with Gasteiger partial charge in [-0.15, -0.1) is 0 Å². The first kappa shape index (κ1) is 13.7. The predicted octanol–water partition coefficient (Wildman–Crippen LogP) is 2.71. The van der Waals surface area contributed by atoms with Crippen LogP contribution >= 0.6 is 0 Å². The quantitative estimate of drug-likeness (QED) is 0.829. The fraction of sp³-hybridized carbons (Fsp3) is 0.692. The molecule has 0 atom stereocenters. The van der Waals surface area contributed by atoms with Gasteiger partial charge in [-0.1, -0.05) is 40.5 Å². The maximum absolute atomic E-state index is 11.4. The summed E-state index contributed by atoms with van der Waals surface area (Å²) < 4.78 is 5.59. The molecule has 0 aliphatic heterocycles. The number of aromatic amines is 1. The summed E-state index contributed by atoms with van der Waals surface area (Å²) in [4.78, 5) is 18.4. The minimum absolute atomic E-state index is 0.150. The number of H-pyrrole nitrogens is 1. The Morgan fingerprint density at radius 3 is 2.53 bits per heavy atom. The van der Waals surface area contributed by atoms with Crippen LogP contribution in [0.3, 0.4) is 0 Å². The molecule has 0 amide bonds. The van der Waals surface area contributed by atoms with E-state index in [-0.39, 0.29) is 11.5 Å². The zero-order valence-corrected chi connectivity index (χ0v) is 11.1. The Morgan fingerprint density at radius 1 is 1.35 bits per heavy atom. The van der Waals surface area contributed by atoms with Crippen LogP contribution in [0.15, 0.2) is 10.9 Å². The highest BCUT2D eigenvalue weighted by Gasteiger charge is 2.08. The minimum atomic E-state index is -0.150. The van der Waals surface area contributed by atoms with Crippen LogP contribution in [0, 0.1) is 5.92 Å². The van der Waals surface area contributed by atoms with E-state index in [1.165, 1.54) is 6.07 Å². The van der Waals surface area contributed by atoms with E-state index in [4.69, 9.17) is 4.74 Å². The predicted molar refractivity (Wildman–Crippen MR) is 68.5 cm³/mol. The number of aromatic nitrogens is 2. The van der Waals surface area contributed by atoms with Crippen molar-refractivity contribution in [1.29, 1.82) is 0 Å². The zero-order chi connectivity index (χ0) is 12.8. The second kappa shape index (κ2) is 6.42. The van der Waals surface area contributed by atoms with Gasteiger partial charge in [-0.25, -0.2) is 0 Å². The third-order valence-electron chi connectivity index (χ3n) is 2.90. The lowest BCUT2D eigenvalue weighted by atomic mass is 10.1. The van der Waals surface area contributed by atoms with E-state index >= 15 is 0 Å². The molecular formula is C13H22N2O2. The Labute approximate surface area is 102 Å². The molecule has 1 rings (SSSR count). The van der Waals surface area contributed by atoms with Gasteiger partial charge < -0.3 is 9.72 Å². The van der Waals surface area contributed by atoms with Gasteiger partial charge in [-0.3, -0.25) is 4.79 Å². The van der Waals surface area contributed by atoms with Crippen molar-refractivity contribution in [2.75, 3.05) is 6.61 Å². The summed E-state index contributed by atoms with van der Waals surface area (Å²) in [6.07, 6.45) is 2.16.